The van der Waals surface area contributed by atoms with Crippen molar-refractivity contribution in [1.29, 1.82) is 0 Å². The van der Waals surface area contributed by atoms with Crippen molar-refractivity contribution in [2.24, 2.45) is 11.3 Å². The zero-order valence-corrected chi connectivity index (χ0v) is 20.1. The highest BCUT2D eigenvalue weighted by Crippen LogP contribution is 2.44. The van der Waals surface area contributed by atoms with Gasteiger partial charge in [0.15, 0.2) is 0 Å². The molecule has 1 atom stereocenters. The number of thiazole rings is 1. The molecular formula is C21H33N3O6S. The number of aliphatic carboxylic acids is 1. The first kappa shape index (κ1) is 25.2. The average molecular weight is 456 g/mol. The number of carbonyl (C=O) groups excluding carboxylic acids is 2. The lowest BCUT2D eigenvalue weighted by Gasteiger charge is -2.49. The summed E-state index contributed by atoms with van der Waals surface area (Å²) in [5.41, 5.74) is -1.81. The van der Waals surface area contributed by atoms with E-state index in [1.165, 1.54) is 16.2 Å². The molecule has 2 heterocycles. The van der Waals surface area contributed by atoms with E-state index >= 15 is 0 Å². The second-order valence-corrected chi connectivity index (χ2v) is 9.63. The molecule has 10 heteroatoms. The van der Waals surface area contributed by atoms with Crippen LogP contribution < -0.4 is 0 Å². The van der Waals surface area contributed by atoms with Gasteiger partial charge < -0.3 is 14.6 Å². The Labute approximate surface area is 187 Å². The van der Waals surface area contributed by atoms with E-state index in [0.717, 1.165) is 4.90 Å². The van der Waals surface area contributed by atoms with Crippen LogP contribution in [-0.4, -0.2) is 63.1 Å². The Bertz CT molecular complexity index is 812. The fourth-order valence-electron chi connectivity index (χ4n) is 4.40. The van der Waals surface area contributed by atoms with Crippen molar-refractivity contribution < 1.29 is 29.0 Å². The number of nitrogens with zero attached hydrogens (tertiary/aromatic N) is 3. The molecule has 0 aromatic carbocycles. The Balaban J connectivity index is 2.31. The van der Waals surface area contributed by atoms with Gasteiger partial charge in [-0.05, 0) is 25.2 Å². The van der Waals surface area contributed by atoms with Crippen molar-refractivity contribution >= 4 is 29.2 Å². The third kappa shape index (κ3) is 4.61. The van der Waals surface area contributed by atoms with Gasteiger partial charge in [0.1, 0.15) is 17.1 Å². The summed E-state index contributed by atoms with van der Waals surface area (Å²) >= 11 is 1.33. The van der Waals surface area contributed by atoms with Crippen molar-refractivity contribution in [2.75, 3.05) is 19.8 Å². The first-order valence-corrected chi connectivity index (χ1v) is 11.3. The molecule has 2 rings (SSSR count). The molecule has 31 heavy (non-hydrogen) atoms. The third-order valence-electron chi connectivity index (χ3n) is 5.51. The predicted octanol–water partition coefficient (Wildman–Crippen LogP) is 3.50. The number of rotatable bonds is 10. The summed E-state index contributed by atoms with van der Waals surface area (Å²) in [7, 11) is 0. The van der Waals surface area contributed by atoms with Crippen LogP contribution in [0.25, 0.3) is 0 Å². The van der Waals surface area contributed by atoms with Crippen LogP contribution in [0.2, 0.25) is 0 Å². The van der Waals surface area contributed by atoms with Crippen molar-refractivity contribution in [3.8, 4) is 0 Å². The lowest BCUT2D eigenvalue weighted by Crippen LogP contribution is -2.66. The van der Waals surface area contributed by atoms with E-state index in [9.17, 15) is 19.5 Å². The Kier molecular flexibility index (Phi) is 7.83. The Morgan fingerprint density at radius 2 is 1.81 bits per heavy atom. The Morgan fingerprint density at radius 3 is 2.26 bits per heavy atom. The van der Waals surface area contributed by atoms with Gasteiger partial charge in [-0.3, -0.25) is 14.6 Å². The summed E-state index contributed by atoms with van der Waals surface area (Å²) in [6.07, 6.45) is -0.600. The molecule has 0 radical (unpaired) electrons. The lowest BCUT2D eigenvalue weighted by molar-refractivity contribution is -0.161. The van der Waals surface area contributed by atoms with Crippen LogP contribution in [0, 0.1) is 11.3 Å². The summed E-state index contributed by atoms with van der Waals surface area (Å²) in [4.78, 5) is 45.2. The molecular weight excluding hydrogens is 422 g/mol. The van der Waals surface area contributed by atoms with Gasteiger partial charge in [0.05, 0.1) is 12.2 Å². The second kappa shape index (κ2) is 9.62. The van der Waals surface area contributed by atoms with Crippen molar-refractivity contribution in [3.05, 3.63) is 16.1 Å². The topological polar surface area (TPSA) is 109 Å². The van der Waals surface area contributed by atoms with Crippen molar-refractivity contribution in [3.63, 3.8) is 0 Å². The SMILES string of the molecule is CCOC(OCC)c1nc(CN2C(=O)CN(C(C(=O)O)(C(C)C)C(C)(C)C)C2=O)cs1. The molecule has 0 spiro atoms. The highest BCUT2D eigenvalue weighted by atomic mass is 32.1. The smallest absolute Gasteiger partial charge is 0.330 e. The maximum Gasteiger partial charge on any atom is 0.330 e. The number of hydrogen-bond donors (Lipinski definition) is 1. The zero-order chi connectivity index (χ0) is 23.6. The van der Waals surface area contributed by atoms with E-state index in [0.29, 0.717) is 23.9 Å². The summed E-state index contributed by atoms with van der Waals surface area (Å²) in [5, 5.41) is 12.5. The van der Waals surface area contributed by atoms with Gasteiger partial charge >= 0.3 is 12.0 Å². The number of amides is 3. The van der Waals surface area contributed by atoms with Gasteiger partial charge in [0.25, 0.3) is 5.91 Å². The van der Waals surface area contributed by atoms with Crippen LogP contribution >= 0.6 is 11.3 Å². The third-order valence-corrected chi connectivity index (χ3v) is 6.43. The first-order chi connectivity index (χ1) is 14.4. The van der Waals surface area contributed by atoms with E-state index in [4.69, 9.17) is 9.47 Å². The highest BCUT2D eigenvalue weighted by Gasteiger charge is 2.60. The van der Waals surface area contributed by atoms with E-state index < -0.39 is 41.1 Å². The highest BCUT2D eigenvalue weighted by molar-refractivity contribution is 7.09. The maximum atomic E-state index is 13.3. The number of carboxylic acid groups (broad SMARTS) is 1. The quantitative estimate of drug-likeness (QED) is 0.425. The molecule has 0 bridgehead atoms. The summed E-state index contributed by atoms with van der Waals surface area (Å²) in [6, 6.07) is -0.614. The van der Waals surface area contributed by atoms with Crippen LogP contribution in [0.15, 0.2) is 5.38 Å². The predicted molar refractivity (Wildman–Crippen MR) is 115 cm³/mol. The van der Waals surface area contributed by atoms with Gasteiger partial charge in [-0.1, -0.05) is 34.6 Å². The number of carbonyl (C=O) groups is 3. The second-order valence-electron chi connectivity index (χ2n) is 8.74. The van der Waals surface area contributed by atoms with Gasteiger partial charge in [-0.2, -0.15) is 0 Å². The minimum atomic E-state index is -1.53. The summed E-state index contributed by atoms with van der Waals surface area (Å²) in [6.45, 7) is 13.1. The van der Waals surface area contributed by atoms with E-state index in [2.05, 4.69) is 4.98 Å². The molecule has 1 fully saturated rings. The van der Waals surface area contributed by atoms with Gasteiger partial charge in [-0.25, -0.2) is 14.6 Å². The zero-order valence-electron chi connectivity index (χ0n) is 19.3. The molecule has 0 aliphatic carbocycles. The lowest BCUT2D eigenvalue weighted by atomic mass is 9.66. The van der Waals surface area contributed by atoms with E-state index in [1.807, 2.05) is 13.8 Å². The Hall–Kier alpha value is -2.04. The van der Waals surface area contributed by atoms with Gasteiger partial charge in [0.2, 0.25) is 6.29 Å². The largest absolute Gasteiger partial charge is 0.479 e. The normalized spacial score (nSPS) is 17.2. The number of hydrogen-bond acceptors (Lipinski definition) is 7. The van der Waals surface area contributed by atoms with Crippen molar-refractivity contribution in [2.45, 2.75) is 66.8 Å². The first-order valence-electron chi connectivity index (χ1n) is 10.4. The van der Waals surface area contributed by atoms with Crippen LogP contribution in [0.1, 0.15) is 65.5 Å². The van der Waals surface area contributed by atoms with Gasteiger partial charge in [-0.15, -0.1) is 11.3 Å². The molecule has 1 aliphatic heterocycles. The molecule has 174 valence electrons. The standard InChI is InChI=1S/C21H33N3O6S/c1-8-29-17(30-9-2)16-22-14(12-31-16)10-23-15(25)11-24(19(23)28)21(13(3)4,18(26)27)20(5,6)7/h12-13,17H,8-11H2,1-7H3,(H,26,27). The number of carboxylic acids is 1. The van der Waals surface area contributed by atoms with Crippen LogP contribution in [0.5, 0.6) is 0 Å². The molecule has 1 N–H and O–H groups in total. The summed E-state index contributed by atoms with van der Waals surface area (Å²) < 4.78 is 11.1. The minimum Gasteiger partial charge on any atom is -0.479 e. The van der Waals surface area contributed by atoms with Crippen LogP contribution in [0.4, 0.5) is 4.79 Å². The van der Waals surface area contributed by atoms with E-state index in [1.54, 1.807) is 40.0 Å². The maximum absolute atomic E-state index is 13.3. The number of imide groups is 1. The fraction of sp³-hybridized carbons (Fsp3) is 0.714. The van der Waals surface area contributed by atoms with Crippen molar-refractivity contribution in [1.82, 2.24) is 14.8 Å². The number of aromatic nitrogens is 1. The molecule has 3 amide bonds. The Morgan fingerprint density at radius 1 is 1.23 bits per heavy atom. The molecule has 1 unspecified atom stereocenters. The number of ether oxygens (including phenoxy) is 2. The molecule has 1 saturated heterocycles. The molecule has 1 aromatic heterocycles. The average Bonchev–Trinajstić information content (AvgIpc) is 3.21. The monoisotopic (exact) mass is 455 g/mol. The van der Waals surface area contributed by atoms with Crippen LogP contribution in [0.3, 0.4) is 0 Å². The molecule has 1 aliphatic rings. The van der Waals surface area contributed by atoms with E-state index in [-0.39, 0.29) is 13.1 Å². The molecule has 9 nitrogen and oxygen atoms in total. The summed E-state index contributed by atoms with van der Waals surface area (Å²) in [5.74, 6) is -1.97. The number of urea groups is 1. The molecule has 0 saturated carbocycles. The van der Waals surface area contributed by atoms with Crippen LogP contribution in [-0.2, 0) is 25.6 Å². The van der Waals surface area contributed by atoms with Gasteiger partial charge in [0, 0.05) is 18.6 Å². The minimum absolute atomic E-state index is 0.0342. The fourth-order valence-corrected chi connectivity index (χ4v) is 5.20. The molecule has 1 aromatic rings.